The maximum absolute atomic E-state index is 12.4. The Morgan fingerprint density at radius 1 is 1.30 bits per heavy atom. The van der Waals surface area contributed by atoms with Crippen molar-refractivity contribution in [2.24, 2.45) is 5.92 Å². The summed E-state index contributed by atoms with van der Waals surface area (Å²) in [5, 5.41) is 10.7. The van der Waals surface area contributed by atoms with Gasteiger partial charge in [0.25, 0.3) is 0 Å². The number of amides is 2. The average Bonchev–Trinajstić information content (AvgIpc) is 2.97. The summed E-state index contributed by atoms with van der Waals surface area (Å²) >= 11 is 0. The van der Waals surface area contributed by atoms with E-state index < -0.39 is 0 Å². The molecule has 1 aliphatic heterocycles. The minimum atomic E-state index is 0.0844. The van der Waals surface area contributed by atoms with Crippen molar-refractivity contribution in [1.29, 1.82) is 0 Å². The number of hydrogen-bond donors (Lipinski definition) is 1. The monoisotopic (exact) mass is 277 g/mol. The third kappa shape index (κ3) is 2.78. The number of carbonyl (C=O) groups excluding carboxylic acids is 1. The molecule has 2 fully saturated rings. The van der Waals surface area contributed by atoms with Gasteiger partial charge in [-0.05, 0) is 38.5 Å². The van der Waals surface area contributed by atoms with E-state index in [4.69, 9.17) is 0 Å². The summed E-state index contributed by atoms with van der Waals surface area (Å²) in [5.74, 6) is 0.747. The zero-order valence-electron chi connectivity index (χ0n) is 12.0. The van der Waals surface area contributed by atoms with Crippen LogP contribution >= 0.6 is 0 Å². The predicted molar refractivity (Wildman–Crippen MR) is 75.1 cm³/mol. The fraction of sp³-hybridized carbons (Fsp3) is 0.786. The maximum atomic E-state index is 12.4. The Kier molecular flexibility index (Phi) is 3.89. The van der Waals surface area contributed by atoms with E-state index in [1.165, 1.54) is 25.7 Å². The van der Waals surface area contributed by atoms with Gasteiger partial charge >= 0.3 is 6.03 Å². The summed E-state index contributed by atoms with van der Waals surface area (Å²) < 4.78 is 1.89. The average molecular weight is 277 g/mol. The molecule has 2 atom stereocenters. The molecule has 2 heterocycles. The topological polar surface area (TPSA) is 63.1 Å². The van der Waals surface area contributed by atoms with Gasteiger partial charge in [0.2, 0.25) is 0 Å². The molecule has 0 radical (unpaired) electrons. The van der Waals surface area contributed by atoms with Crippen LogP contribution in [0.25, 0.3) is 0 Å². The molecule has 0 bridgehead atoms. The Morgan fingerprint density at radius 3 is 2.70 bits per heavy atom. The summed E-state index contributed by atoms with van der Waals surface area (Å²) in [7, 11) is 0. The van der Waals surface area contributed by atoms with E-state index in [1.54, 1.807) is 12.7 Å². The fourth-order valence-corrected chi connectivity index (χ4v) is 3.33. The first-order chi connectivity index (χ1) is 9.74. The number of nitrogens with zero attached hydrogens (tertiary/aromatic N) is 4. The lowest BCUT2D eigenvalue weighted by atomic mass is 9.79. The Morgan fingerprint density at radius 2 is 2.05 bits per heavy atom. The summed E-state index contributed by atoms with van der Waals surface area (Å²) in [6.45, 7) is 3.64. The molecule has 0 unspecified atom stereocenters. The molecular weight excluding hydrogens is 254 g/mol. The summed E-state index contributed by atoms with van der Waals surface area (Å²) in [6.07, 6.45) is 9.60. The summed E-state index contributed by atoms with van der Waals surface area (Å²) in [4.78, 5) is 14.5. The Labute approximate surface area is 119 Å². The smallest absolute Gasteiger partial charge is 0.317 e. The van der Waals surface area contributed by atoms with E-state index in [-0.39, 0.29) is 12.1 Å². The van der Waals surface area contributed by atoms with E-state index in [0.29, 0.717) is 12.6 Å². The minimum Gasteiger partial charge on any atom is -0.334 e. The van der Waals surface area contributed by atoms with Gasteiger partial charge in [-0.1, -0.05) is 6.42 Å². The molecule has 1 saturated carbocycles. The first kappa shape index (κ1) is 13.4. The van der Waals surface area contributed by atoms with Crippen LogP contribution in [0.3, 0.4) is 0 Å². The lowest BCUT2D eigenvalue weighted by Crippen LogP contribution is -2.49. The van der Waals surface area contributed by atoms with Crippen molar-refractivity contribution < 1.29 is 4.79 Å². The van der Waals surface area contributed by atoms with E-state index in [9.17, 15) is 4.79 Å². The molecule has 6 nitrogen and oxygen atoms in total. The van der Waals surface area contributed by atoms with E-state index in [0.717, 1.165) is 18.9 Å². The van der Waals surface area contributed by atoms with Crippen LogP contribution in [-0.4, -0.2) is 44.3 Å². The van der Waals surface area contributed by atoms with Gasteiger partial charge in [0.05, 0.1) is 0 Å². The van der Waals surface area contributed by atoms with Gasteiger partial charge in [0.1, 0.15) is 12.7 Å². The Balaban J connectivity index is 1.52. The lowest BCUT2D eigenvalue weighted by molar-refractivity contribution is 0.137. The van der Waals surface area contributed by atoms with Crippen molar-refractivity contribution in [1.82, 2.24) is 25.0 Å². The highest BCUT2D eigenvalue weighted by Crippen LogP contribution is 2.37. The zero-order valence-corrected chi connectivity index (χ0v) is 12.0. The van der Waals surface area contributed by atoms with E-state index in [1.807, 2.05) is 11.5 Å². The largest absolute Gasteiger partial charge is 0.334 e. The van der Waals surface area contributed by atoms with Crippen LogP contribution in [0.4, 0.5) is 4.79 Å². The molecule has 3 rings (SSSR count). The first-order valence-corrected chi connectivity index (χ1v) is 7.63. The number of carbonyl (C=O) groups is 1. The van der Waals surface area contributed by atoms with E-state index >= 15 is 0 Å². The van der Waals surface area contributed by atoms with Crippen molar-refractivity contribution >= 4 is 6.03 Å². The van der Waals surface area contributed by atoms with Crippen LogP contribution in [0.1, 0.15) is 39.0 Å². The molecule has 1 aromatic rings. The molecule has 20 heavy (non-hydrogen) atoms. The van der Waals surface area contributed by atoms with Crippen molar-refractivity contribution in [3.05, 3.63) is 12.7 Å². The predicted octanol–water partition coefficient (Wildman–Crippen LogP) is 1.64. The molecule has 0 spiro atoms. The van der Waals surface area contributed by atoms with Crippen LogP contribution < -0.4 is 5.32 Å². The van der Waals surface area contributed by atoms with Gasteiger partial charge in [-0.15, -0.1) is 10.2 Å². The van der Waals surface area contributed by atoms with Crippen molar-refractivity contribution in [2.75, 3.05) is 6.54 Å². The molecule has 1 N–H and O–H groups in total. The molecule has 1 saturated heterocycles. The molecule has 2 aliphatic rings. The summed E-state index contributed by atoms with van der Waals surface area (Å²) in [6, 6.07) is 0.659. The number of likely N-dealkylation sites (tertiary alicyclic amines) is 1. The molecule has 110 valence electrons. The van der Waals surface area contributed by atoms with Crippen LogP contribution in [0.5, 0.6) is 0 Å². The number of aromatic nitrogens is 3. The number of nitrogens with one attached hydrogen (secondary N) is 1. The number of urea groups is 1. The minimum absolute atomic E-state index is 0.0844. The van der Waals surface area contributed by atoms with Crippen LogP contribution in [0.15, 0.2) is 12.7 Å². The second-order valence-electron chi connectivity index (χ2n) is 6.10. The van der Waals surface area contributed by atoms with E-state index in [2.05, 4.69) is 20.4 Å². The van der Waals surface area contributed by atoms with Gasteiger partial charge in [0, 0.05) is 25.2 Å². The molecule has 6 heteroatoms. The lowest BCUT2D eigenvalue weighted by Gasteiger charge is -2.37. The third-order valence-electron chi connectivity index (χ3n) is 4.58. The quantitative estimate of drug-likeness (QED) is 0.910. The van der Waals surface area contributed by atoms with Gasteiger partial charge in [-0.2, -0.15) is 0 Å². The highest BCUT2D eigenvalue weighted by atomic mass is 16.2. The van der Waals surface area contributed by atoms with Gasteiger partial charge < -0.3 is 14.8 Å². The highest BCUT2D eigenvalue weighted by molar-refractivity contribution is 5.75. The van der Waals surface area contributed by atoms with Crippen LogP contribution in [0, 0.1) is 5.92 Å². The van der Waals surface area contributed by atoms with Crippen molar-refractivity contribution in [3.63, 3.8) is 0 Å². The van der Waals surface area contributed by atoms with Crippen LogP contribution in [-0.2, 0) is 6.54 Å². The molecule has 2 amide bonds. The maximum Gasteiger partial charge on any atom is 0.317 e. The van der Waals surface area contributed by atoms with Crippen molar-refractivity contribution in [2.45, 2.75) is 57.7 Å². The standard InChI is InChI=1S/C14H23N5O/c1-11(8-18-9-15-16-10-18)17-14(20)19-7-3-6-13(19)12-4-2-5-12/h9-13H,2-8H2,1H3,(H,17,20)/t11-,13-/m1/s1. The number of hydrogen-bond acceptors (Lipinski definition) is 3. The number of rotatable bonds is 4. The second-order valence-corrected chi connectivity index (χ2v) is 6.10. The molecule has 0 aromatic carbocycles. The molecule has 1 aromatic heterocycles. The molecular formula is C14H23N5O. The normalized spacial score (nSPS) is 24.4. The van der Waals surface area contributed by atoms with Gasteiger partial charge in [-0.25, -0.2) is 4.79 Å². The van der Waals surface area contributed by atoms with Crippen molar-refractivity contribution in [3.8, 4) is 0 Å². The summed E-state index contributed by atoms with van der Waals surface area (Å²) in [5.41, 5.74) is 0. The Bertz CT molecular complexity index is 442. The fourth-order valence-electron chi connectivity index (χ4n) is 3.33. The second kappa shape index (κ2) is 5.81. The highest BCUT2D eigenvalue weighted by Gasteiger charge is 2.37. The zero-order chi connectivity index (χ0) is 13.9. The SMILES string of the molecule is C[C@H](Cn1cnnc1)NC(=O)N1CCC[C@@H]1C1CCC1. The third-order valence-corrected chi connectivity index (χ3v) is 4.58. The van der Waals surface area contributed by atoms with Gasteiger partial charge in [-0.3, -0.25) is 0 Å². The van der Waals surface area contributed by atoms with Crippen LogP contribution in [0.2, 0.25) is 0 Å². The van der Waals surface area contributed by atoms with Gasteiger partial charge in [0.15, 0.2) is 0 Å². The first-order valence-electron chi connectivity index (χ1n) is 7.63. The molecule has 1 aliphatic carbocycles. The Hall–Kier alpha value is -1.59.